The van der Waals surface area contributed by atoms with E-state index in [9.17, 15) is 0 Å². The molecule has 0 aliphatic carbocycles. The van der Waals surface area contributed by atoms with Crippen molar-refractivity contribution >= 4 is 22.6 Å². The smallest absolute Gasteiger partial charge is 0.119 e. The fourth-order valence-corrected chi connectivity index (χ4v) is 3.38. The van der Waals surface area contributed by atoms with Crippen molar-refractivity contribution in [1.82, 2.24) is 0 Å². The van der Waals surface area contributed by atoms with Gasteiger partial charge in [-0.1, -0.05) is 90.4 Å². The highest BCUT2D eigenvalue weighted by Crippen LogP contribution is 2.15. The second-order valence-corrected chi connectivity index (χ2v) is 8.14. The Kier molecular flexibility index (Phi) is 14.7. The predicted octanol–water partition coefficient (Wildman–Crippen LogP) is 8.15. The second-order valence-electron chi connectivity index (χ2n) is 6.90. The van der Waals surface area contributed by atoms with Crippen LogP contribution in [0.2, 0.25) is 0 Å². The van der Waals surface area contributed by atoms with E-state index in [2.05, 4.69) is 53.8 Å². The van der Waals surface area contributed by atoms with Crippen LogP contribution in [0.1, 0.15) is 96.8 Å². The molecular weight excluding hydrogens is 407 g/mol. The number of unbranched alkanes of at least 4 members (excludes halogenated alkanes) is 13. The van der Waals surface area contributed by atoms with E-state index in [0.717, 1.165) is 12.4 Å². The summed E-state index contributed by atoms with van der Waals surface area (Å²) in [7, 11) is 0. The Bertz CT molecular complexity index is 374. The Morgan fingerprint density at radius 2 is 1.04 bits per heavy atom. The summed E-state index contributed by atoms with van der Waals surface area (Å²) in [5.41, 5.74) is 0. The summed E-state index contributed by atoms with van der Waals surface area (Å²) in [6.45, 7) is 3.15. The Morgan fingerprint density at radius 1 is 0.625 bits per heavy atom. The molecule has 0 aromatic heterocycles. The summed E-state index contributed by atoms with van der Waals surface area (Å²) in [4.78, 5) is 0. The van der Waals surface area contributed by atoms with Gasteiger partial charge < -0.3 is 4.74 Å². The normalized spacial score (nSPS) is 10.9. The molecule has 1 nitrogen and oxygen atoms in total. The van der Waals surface area contributed by atoms with E-state index in [4.69, 9.17) is 4.74 Å². The van der Waals surface area contributed by atoms with Gasteiger partial charge in [-0.2, -0.15) is 0 Å². The van der Waals surface area contributed by atoms with Crippen molar-refractivity contribution in [1.29, 1.82) is 0 Å². The Labute approximate surface area is 164 Å². The molecule has 0 spiro atoms. The molecule has 0 fully saturated rings. The van der Waals surface area contributed by atoms with Gasteiger partial charge in [0.05, 0.1) is 6.61 Å². The highest BCUT2D eigenvalue weighted by atomic mass is 127. The highest BCUT2D eigenvalue weighted by Gasteiger charge is 1.96. The lowest BCUT2D eigenvalue weighted by atomic mass is 10.0. The SMILES string of the molecule is CCCCCCCCCCCCCCCCOc1ccc(I)cc1. The molecule has 0 atom stereocenters. The van der Waals surface area contributed by atoms with Crippen LogP contribution in [0.5, 0.6) is 5.75 Å². The summed E-state index contributed by atoms with van der Waals surface area (Å²) in [6.07, 6.45) is 19.6. The quantitative estimate of drug-likeness (QED) is 0.185. The largest absolute Gasteiger partial charge is 0.494 e. The van der Waals surface area contributed by atoms with E-state index in [0.29, 0.717) is 0 Å². The predicted molar refractivity (Wildman–Crippen MR) is 115 cm³/mol. The molecule has 0 N–H and O–H groups in total. The van der Waals surface area contributed by atoms with Crippen LogP contribution in [0.25, 0.3) is 0 Å². The monoisotopic (exact) mass is 444 g/mol. The molecule has 0 bridgehead atoms. The topological polar surface area (TPSA) is 9.23 Å². The van der Waals surface area contributed by atoms with Crippen molar-refractivity contribution in [3.05, 3.63) is 27.8 Å². The second kappa shape index (κ2) is 16.2. The molecule has 0 radical (unpaired) electrons. The van der Waals surface area contributed by atoms with Crippen molar-refractivity contribution in [2.45, 2.75) is 96.8 Å². The van der Waals surface area contributed by atoms with Crippen molar-refractivity contribution in [2.75, 3.05) is 6.61 Å². The third-order valence-corrected chi connectivity index (χ3v) is 5.30. The summed E-state index contributed by atoms with van der Waals surface area (Å²) < 4.78 is 7.03. The maximum atomic E-state index is 5.76. The zero-order valence-electron chi connectivity index (χ0n) is 15.7. The minimum absolute atomic E-state index is 0.860. The van der Waals surface area contributed by atoms with Gasteiger partial charge in [-0.15, -0.1) is 0 Å². The van der Waals surface area contributed by atoms with Crippen LogP contribution in [0, 0.1) is 3.57 Å². The first-order valence-corrected chi connectivity index (χ1v) is 11.3. The van der Waals surface area contributed by atoms with Gasteiger partial charge in [0, 0.05) is 3.57 Å². The maximum absolute atomic E-state index is 5.76. The Balaban J connectivity index is 1.75. The van der Waals surface area contributed by atoms with E-state index in [1.54, 1.807) is 0 Å². The maximum Gasteiger partial charge on any atom is 0.119 e. The van der Waals surface area contributed by atoms with Crippen LogP contribution in [0.15, 0.2) is 24.3 Å². The number of hydrogen-bond acceptors (Lipinski definition) is 1. The van der Waals surface area contributed by atoms with Crippen LogP contribution < -0.4 is 4.74 Å². The average molecular weight is 444 g/mol. The molecule has 1 aromatic carbocycles. The number of hydrogen-bond donors (Lipinski definition) is 0. The minimum Gasteiger partial charge on any atom is -0.494 e. The Morgan fingerprint density at radius 3 is 1.50 bits per heavy atom. The van der Waals surface area contributed by atoms with Gasteiger partial charge in [-0.25, -0.2) is 0 Å². The lowest BCUT2D eigenvalue weighted by molar-refractivity contribution is 0.304. The summed E-state index contributed by atoms with van der Waals surface area (Å²) >= 11 is 2.32. The van der Waals surface area contributed by atoms with Crippen LogP contribution in [0.4, 0.5) is 0 Å². The van der Waals surface area contributed by atoms with Crippen molar-refractivity contribution < 1.29 is 4.74 Å². The third-order valence-electron chi connectivity index (χ3n) is 4.58. The fraction of sp³-hybridized carbons (Fsp3) is 0.727. The van der Waals surface area contributed by atoms with Crippen molar-refractivity contribution in [3.63, 3.8) is 0 Å². The lowest BCUT2D eigenvalue weighted by Crippen LogP contribution is -1.97. The molecule has 0 saturated carbocycles. The zero-order chi connectivity index (χ0) is 17.3. The number of halogens is 1. The van der Waals surface area contributed by atoms with Crippen LogP contribution in [-0.4, -0.2) is 6.61 Å². The first-order valence-electron chi connectivity index (χ1n) is 10.2. The standard InChI is InChI=1S/C22H37IO/c1-2-3-4-5-6-7-8-9-10-11-12-13-14-15-20-24-22-18-16-21(23)17-19-22/h16-19H,2-15,20H2,1H3. The van der Waals surface area contributed by atoms with E-state index >= 15 is 0 Å². The van der Waals surface area contributed by atoms with E-state index < -0.39 is 0 Å². The first-order chi connectivity index (χ1) is 11.8. The number of rotatable bonds is 16. The molecule has 0 amide bonds. The van der Waals surface area contributed by atoms with Crippen LogP contribution >= 0.6 is 22.6 Å². The van der Waals surface area contributed by atoms with Crippen molar-refractivity contribution in [2.24, 2.45) is 0 Å². The van der Waals surface area contributed by atoms with E-state index in [-0.39, 0.29) is 0 Å². The summed E-state index contributed by atoms with van der Waals surface area (Å²) in [5, 5.41) is 0. The summed E-state index contributed by atoms with van der Waals surface area (Å²) in [6, 6.07) is 8.32. The first kappa shape index (κ1) is 21.8. The Hall–Kier alpha value is -0.250. The minimum atomic E-state index is 0.860. The molecule has 0 aliphatic rings. The van der Waals surface area contributed by atoms with E-state index in [1.807, 2.05) is 0 Å². The van der Waals surface area contributed by atoms with Gasteiger partial charge >= 0.3 is 0 Å². The summed E-state index contributed by atoms with van der Waals surface area (Å²) in [5.74, 6) is 1.00. The lowest BCUT2D eigenvalue weighted by Gasteiger charge is -2.06. The molecule has 138 valence electrons. The van der Waals surface area contributed by atoms with Gasteiger partial charge in [0.1, 0.15) is 5.75 Å². The fourth-order valence-electron chi connectivity index (χ4n) is 3.02. The highest BCUT2D eigenvalue weighted by molar-refractivity contribution is 14.1. The molecule has 0 heterocycles. The molecule has 2 heteroatoms. The van der Waals surface area contributed by atoms with E-state index in [1.165, 1.54) is 93.5 Å². The number of benzene rings is 1. The molecule has 24 heavy (non-hydrogen) atoms. The van der Waals surface area contributed by atoms with Crippen LogP contribution in [0.3, 0.4) is 0 Å². The molecular formula is C22H37IO. The molecule has 0 aliphatic heterocycles. The third kappa shape index (κ3) is 13.1. The molecule has 0 saturated heterocycles. The number of ether oxygens (including phenoxy) is 1. The molecule has 1 aromatic rings. The van der Waals surface area contributed by atoms with Gasteiger partial charge in [0.15, 0.2) is 0 Å². The van der Waals surface area contributed by atoms with Crippen molar-refractivity contribution in [3.8, 4) is 5.75 Å². The van der Waals surface area contributed by atoms with Gasteiger partial charge in [0.25, 0.3) is 0 Å². The van der Waals surface area contributed by atoms with Gasteiger partial charge in [0.2, 0.25) is 0 Å². The zero-order valence-corrected chi connectivity index (χ0v) is 17.9. The van der Waals surface area contributed by atoms with Crippen LogP contribution in [-0.2, 0) is 0 Å². The molecule has 0 unspecified atom stereocenters. The van der Waals surface area contributed by atoms with Gasteiger partial charge in [-0.05, 0) is 53.3 Å². The molecule has 1 rings (SSSR count). The average Bonchev–Trinajstić information content (AvgIpc) is 2.60. The van der Waals surface area contributed by atoms with Gasteiger partial charge in [-0.3, -0.25) is 0 Å².